The number of fused-ring (bicyclic) bond motifs is 1. The number of sulfonamides is 1. The third-order valence-electron chi connectivity index (χ3n) is 5.95. The third kappa shape index (κ3) is 6.90. The predicted molar refractivity (Wildman–Crippen MR) is 139 cm³/mol. The second-order valence-electron chi connectivity index (χ2n) is 9.36. The fourth-order valence-electron chi connectivity index (χ4n) is 3.81. The van der Waals surface area contributed by atoms with Gasteiger partial charge in [-0.3, -0.25) is 13.9 Å². The summed E-state index contributed by atoms with van der Waals surface area (Å²) in [7, 11) is -3.83. The Hall–Kier alpha value is -3.27. The Labute approximate surface area is 213 Å². The van der Waals surface area contributed by atoms with Crippen LogP contribution in [-0.4, -0.2) is 63.7 Å². The maximum Gasteiger partial charge on any atom is 0.244 e. The molecule has 3 rings (SSSR count). The zero-order valence-corrected chi connectivity index (χ0v) is 22.3. The van der Waals surface area contributed by atoms with E-state index in [0.29, 0.717) is 31.3 Å². The van der Waals surface area contributed by atoms with Gasteiger partial charge in [0.2, 0.25) is 21.8 Å². The first-order chi connectivity index (χ1) is 17.0. The monoisotopic (exact) mass is 517 g/mol. The number of carbonyl (C=O) groups is 2. The molecular formula is C26H35N3O6S. The zero-order chi connectivity index (χ0) is 26.5. The molecule has 2 amide bonds. The van der Waals surface area contributed by atoms with Crippen LogP contribution >= 0.6 is 0 Å². The van der Waals surface area contributed by atoms with Crippen LogP contribution < -0.4 is 19.1 Å². The normalized spacial score (nSPS) is 13.7. The molecule has 36 heavy (non-hydrogen) atoms. The van der Waals surface area contributed by atoms with E-state index in [9.17, 15) is 18.0 Å². The highest BCUT2D eigenvalue weighted by molar-refractivity contribution is 7.92. The molecule has 0 spiro atoms. The van der Waals surface area contributed by atoms with Gasteiger partial charge in [0, 0.05) is 19.2 Å². The highest BCUT2D eigenvalue weighted by atomic mass is 32.2. The van der Waals surface area contributed by atoms with E-state index >= 15 is 0 Å². The van der Waals surface area contributed by atoms with Gasteiger partial charge in [0.05, 0.1) is 11.9 Å². The number of nitrogens with zero attached hydrogens (tertiary/aromatic N) is 2. The molecule has 0 fully saturated rings. The minimum Gasteiger partial charge on any atom is -0.486 e. The number of ether oxygens (including phenoxy) is 2. The molecule has 1 aliphatic rings. The number of hydrogen-bond donors (Lipinski definition) is 1. The van der Waals surface area contributed by atoms with Crippen LogP contribution in [0.4, 0.5) is 5.69 Å². The van der Waals surface area contributed by atoms with Crippen molar-refractivity contribution in [2.75, 3.05) is 36.9 Å². The molecule has 1 heterocycles. The largest absolute Gasteiger partial charge is 0.486 e. The van der Waals surface area contributed by atoms with Crippen LogP contribution in [0.5, 0.6) is 11.5 Å². The maximum absolute atomic E-state index is 13.6. The molecule has 196 valence electrons. The van der Waals surface area contributed by atoms with E-state index in [4.69, 9.17) is 9.47 Å². The number of nitrogens with one attached hydrogen (secondary N) is 1. The number of hydrogen-bond acceptors (Lipinski definition) is 6. The van der Waals surface area contributed by atoms with Crippen LogP contribution in [0, 0.1) is 12.8 Å². The van der Waals surface area contributed by atoms with Gasteiger partial charge in [-0.1, -0.05) is 38.1 Å². The second kappa shape index (κ2) is 11.6. The van der Waals surface area contributed by atoms with Gasteiger partial charge >= 0.3 is 0 Å². The Kier molecular flexibility index (Phi) is 8.84. The lowest BCUT2D eigenvalue weighted by molar-refractivity contribution is -0.139. The van der Waals surface area contributed by atoms with Gasteiger partial charge < -0.3 is 19.7 Å². The lowest BCUT2D eigenvalue weighted by atomic mass is 10.1. The molecule has 10 heteroatoms. The lowest BCUT2D eigenvalue weighted by Crippen LogP contribution is -2.51. The van der Waals surface area contributed by atoms with Gasteiger partial charge in [0.1, 0.15) is 25.8 Å². The van der Waals surface area contributed by atoms with Crippen LogP contribution in [0.1, 0.15) is 31.9 Å². The van der Waals surface area contributed by atoms with Gasteiger partial charge in [-0.2, -0.15) is 0 Å². The summed E-state index contributed by atoms with van der Waals surface area (Å²) in [5, 5.41) is 2.87. The third-order valence-corrected chi connectivity index (χ3v) is 7.09. The van der Waals surface area contributed by atoms with E-state index in [-0.39, 0.29) is 24.1 Å². The minimum atomic E-state index is -3.83. The molecule has 0 radical (unpaired) electrons. The van der Waals surface area contributed by atoms with Gasteiger partial charge in [0.25, 0.3) is 0 Å². The fraction of sp³-hybridized carbons (Fsp3) is 0.462. The highest BCUT2D eigenvalue weighted by Gasteiger charge is 2.31. The number of aryl methyl sites for hydroxylation is 1. The number of carbonyl (C=O) groups excluding carboxylic acids is 2. The first-order valence-corrected chi connectivity index (χ1v) is 13.8. The number of rotatable bonds is 10. The Balaban J connectivity index is 1.91. The SMILES string of the molecule is Cc1ccccc1CN(C(=O)CN(c1ccc2c(c1)OCCO2)S(C)(=O)=O)C(C)C(=O)NCC(C)C. The van der Waals surface area contributed by atoms with Crippen LogP contribution in [0.2, 0.25) is 0 Å². The van der Waals surface area contributed by atoms with E-state index in [0.717, 1.165) is 21.7 Å². The van der Waals surface area contributed by atoms with Gasteiger partial charge in [-0.25, -0.2) is 8.42 Å². The summed E-state index contributed by atoms with van der Waals surface area (Å²) in [6.07, 6.45) is 1.04. The van der Waals surface area contributed by atoms with E-state index in [1.165, 1.54) is 4.90 Å². The standard InChI is InChI=1S/C26H35N3O6S/c1-18(2)15-27-26(31)20(4)28(16-21-9-7-6-8-19(21)3)25(30)17-29(36(5,32)33)22-10-11-23-24(14-22)35-13-12-34-23/h6-11,14,18,20H,12-13,15-17H2,1-5H3,(H,27,31). The van der Waals surface area contributed by atoms with Crippen molar-refractivity contribution in [3.63, 3.8) is 0 Å². The van der Waals surface area contributed by atoms with Gasteiger partial charge in [-0.15, -0.1) is 0 Å². The summed E-state index contributed by atoms with van der Waals surface area (Å²) in [6.45, 7) is 8.48. The van der Waals surface area contributed by atoms with Crippen molar-refractivity contribution < 1.29 is 27.5 Å². The Morgan fingerprint density at radius 3 is 2.33 bits per heavy atom. The molecule has 1 aliphatic heterocycles. The fourth-order valence-corrected chi connectivity index (χ4v) is 4.65. The Morgan fingerprint density at radius 1 is 1.03 bits per heavy atom. The molecule has 0 bridgehead atoms. The van der Waals surface area contributed by atoms with Crippen LogP contribution in [0.25, 0.3) is 0 Å². The molecule has 0 saturated carbocycles. The minimum absolute atomic E-state index is 0.167. The summed E-state index contributed by atoms with van der Waals surface area (Å²) in [5.41, 5.74) is 2.12. The number of anilines is 1. The molecule has 1 atom stereocenters. The molecule has 0 aliphatic carbocycles. The zero-order valence-electron chi connectivity index (χ0n) is 21.5. The van der Waals surface area contributed by atoms with Crippen molar-refractivity contribution in [2.45, 2.75) is 40.3 Å². The highest BCUT2D eigenvalue weighted by Crippen LogP contribution is 2.34. The number of benzene rings is 2. The van der Waals surface area contributed by atoms with Gasteiger partial charge in [-0.05, 0) is 43.0 Å². The van der Waals surface area contributed by atoms with Crippen LogP contribution in [-0.2, 0) is 26.2 Å². The summed E-state index contributed by atoms with van der Waals surface area (Å²) in [4.78, 5) is 28.0. The van der Waals surface area contributed by atoms with E-state index in [1.807, 2.05) is 45.0 Å². The van der Waals surface area contributed by atoms with Crippen LogP contribution in [0.15, 0.2) is 42.5 Å². The molecule has 1 unspecified atom stereocenters. The first kappa shape index (κ1) is 27.3. The van der Waals surface area contributed by atoms with Crippen molar-refractivity contribution in [2.24, 2.45) is 5.92 Å². The maximum atomic E-state index is 13.6. The van der Waals surface area contributed by atoms with Crippen molar-refractivity contribution in [1.82, 2.24) is 10.2 Å². The quantitative estimate of drug-likeness (QED) is 0.520. The molecule has 2 aromatic rings. The Morgan fingerprint density at radius 2 is 1.69 bits per heavy atom. The smallest absolute Gasteiger partial charge is 0.244 e. The van der Waals surface area contributed by atoms with E-state index in [2.05, 4.69) is 5.32 Å². The predicted octanol–water partition coefficient (Wildman–Crippen LogP) is 2.72. The topological polar surface area (TPSA) is 105 Å². The van der Waals surface area contributed by atoms with Gasteiger partial charge in [0.15, 0.2) is 11.5 Å². The lowest BCUT2D eigenvalue weighted by Gasteiger charge is -2.32. The second-order valence-corrected chi connectivity index (χ2v) is 11.3. The van der Waals surface area contributed by atoms with Crippen molar-refractivity contribution >= 4 is 27.5 Å². The van der Waals surface area contributed by atoms with E-state index in [1.54, 1.807) is 25.1 Å². The number of amides is 2. The summed E-state index contributed by atoms with van der Waals surface area (Å²) < 4.78 is 37.7. The molecule has 0 aromatic heterocycles. The first-order valence-electron chi connectivity index (χ1n) is 12.0. The van der Waals surface area contributed by atoms with E-state index < -0.39 is 28.5 Å². The summed E-state index contributed by atoms with van der Waals surface area (Å²) >= 11 is 0. The summed E-state index contributed by atoms with van der Waals surface area (Å²) in [6, 6.07) is 11.5. The molecule has 0 saturated heterocycles. The molecule has 1 N–H and O–H groups in total. The average Bonchev–Trinajstić information content (AvgIpc) is 2.83. The van der Waals surface area contributed by atoms with Crippen molar-refractivity contribution in [3.8, 4) is 11.5 Å². The average molecular weight is 518 g/mol. The van der Waals surface area contributed by atoms with Crippen molar-refractivity contribution in [3.05, 3.63) is 53.6 Å². The Bertz CT molecular complexity index is 1200. The van der Waals surface area contributed by atoms with Crippen molar-refractivity contribution in [1.29, 1.82) is 0 Å². The summed E-state index contributed by atoms with van der Waals surface area (Å²) in [5.74, 6) is 0.388. The molecule has 2 aromatic carbocycles. The molecule has 9 nitrogen and oxygen atoms in total. The molecular weight excluding hydrogens is 482 g/mol. The van der Waals surface area contributed by atoms with Crippen LogP contribution in [0.3, 0.4) is 0 Å².